The molecule has 6 nitrogen and oxygen atoms in total. The Balaban J connectivity index is 4.70. The Kier molecular flexibility index (Phi) is 41.3. The Bertz CT molecular complexity index is 1060. The van der Waals surface area contributed by atoms with Crippen LogP contribution in [0.25, 0.3) is 0 Å². The maximum absolute atomic E-state index is 13.1. The van der Waals surface area contributed by atoms with Crippen LogP contribution in [0.2, 0.25) is 0 Å². The van der Waals surface area contributed by atoms with E-state index in [2.05, 4.69) is 99.0 Å². The molecule has 0 saturated carbocycles. The SMILES string of the molecule is CC/C=C/C/C=C/C/C=C/CCCCCCC(=O)OC(CCCCCC/C=C/C/C=C/C/C=C/CC)CC(=O)NC(CO)C(O)CCCCCCCCCCC. The lowest BCUT2D eigenvalue weighted by molar-refractivity contribution is -0.151. The van der Waals surface area contributed by atoms with E-state index in [1.807, 2.05) is 0 Å². The topological polar surface area (TPSA) is 95.9 Å². The molecule has 0 fully saturated rings. The number of carbonyl (C=O) groups excluding carboxylic acids is 2. The molecule has 0 aliphatic heterocycles. The van der Waals surface area contributed by atoms with Crippen molar-refractivity contribution in [2.75, 3.05) is 6.61 Å². The van der Waals surface area contributed by atoms with Crippen LogP contribution in [-0.2, 0) is 14.3 Å². The normalized spacial score (nSPS) is 14.0. The molecule has 0 spiro atoms. The highest BCUT2D eigenvalue weighted by molar-refractivity contribution is 5.77. The number of rotatable bonds is 40. The van der Waals surface area contributed by atoms with E-state index in [0.717, 1.165) is 122 Å². The molecular weight excluding hydrogens is 695 g/mol. The summed E-state index contributed by atoms with van der Waals surface area (Å²) in [5, 5.41) is 23.6. The lowest BCUT2D eigenvalue weighted by Gasteiger charge is -2.24. The second-order valence-electron chi connectivity index (χ2n) is 15.4. The van der Waals surface area contributed by atoms with Gasteiger partial charge in [-0.15, -0.1) is 0 Å². The lowest BCUT2D eigenvalue weighted by atomic mass is 10.0. The molecule has 0 rings (SSSR count). The van der Waals surface area contributed by atoms with Crippen molar-refractivity contribution in [2.45, 2.75) is 225 Å². The van der Waals surface area contributed by atoms with Gasteiger partial charge in [-0.05, 0) is 89.9 Å². The van der Waals surface area contributed by atoms with Gasteiger partial charge in [-0.2, -0.15) is 0 Å². The summed E-state index contributed by atoms with van der Waals surface area (Å²) >= 11 is 0. The number of allylic oxidation sites excluding steroid dienone is 12. The highest BCUT2D eigenvalue weighted by Crippen LogP contribution is 2.17. The maximum Gasteiger partial charge on any atom is 0.306 e. The largest absolute Gasteiger partial charge is 0.462 e. The molecule has 56 heavy (non-hydrogen) atoms. The third kappa shape index (κ3) is 38.2. The molecule has 3 N–H and O–H groups in total. The van der Waals surface area contributed by atoms with Gasteiger partial charge in [-0.1, -0.05) is 177 Å². The Morgan fingerprint density at radius 3 is 1.46 bits per heavy atom. The highest BCUT2D eigenvalue weighted by Gasteiger charge is 2.24. The first-order valence-corrected chi connectivity index (χ1v) is 23.2. The Morgan fingerprint density at radius 2 is 0.964 bits per heavy atom. The molecule has 0 saturated heterocycles. The van der Waals surface area contributed by atoms with Crippen LogP contribution in [0.3, 0.4) is 0 Å². The van der Waals surface area contributed by atoms with Gasteiger partial charge in [-0.3, -0.25) is 9.59 Å². The number of nitrogens with one attached hydrogen (secondary N) is 1. The molecule has 0 aromatic heterocycles. The van der Waals surface area contributed by atoms with Crippen LogP contribution in [0.1, 0.15) is 207 Å². The number of aliphatic hydroxyl groups is 2. The molecule has 0 bridgehead atoms. The summed E-state index contributed by atoms with van der Waals surface area (Å²) in [7, 11) is 0. The number of amides is 1. The number of hydrogen-bond acceptors (Lipinski definition) is 5. The predicted molar refractivity (Wildman–Crippen MR) is 241 cm³/mol. The van der Waals surface area contributed by atoms with Crippen LogP contribution in [0.15, 0.2) is 72.9 Å². The van der Waals surface area contributed by atoms with Crippen molar-refractivity contribution < 1.29 is 24.5 Å². The van der Waals surface area contributed by atoms with E-state index < -0.39 is 18.2 Å². The summed E-state index contributed by atoms with van der Waals surface area (Å²) in [6, 6.07) is -0.714. The van der Waals surface area contributed by atoms with Crippen LogP contribution >= 0.6 is 0 Å². The zero-order valence-electron chi connectivity index (χ0n) is 36.5. The first-order valence-electron chi connectivity index (χ1n) is 23.2. The molecule has 0 aromatic carbocycles. The Labute approximate surface area is 345 Å². The molecular formula is C50H87NO5. The number of unbranched alkanes of at least 4 members (excludes halogenated alkanes) is 16. The molecule has 0 heterocycles. The van der Waals surface area contributed by atoms with Gasteiger partial charge in [0.2, 0.25) is 5.91 Å². The van der Waals surface area contributed by atoms with Gasteiger partial charge in [-0.25, -0.2) is 0 Å². The van der Waals surface area contributed by atoms with E-state index in [9.17, 15) is 19.8 Å². The lowest BCUT2D eigenvalue weighted by Crippen LogP contribution is -2.46. The zero-order chi connectivity index (χ0) is 41.0. The molecule has 0 aromatic rings. The standard InChI is InChI=1S/C50H87NO5/c1-4-7-10-13-16-19-21-23-25-27-30-32-35-38-41-46(56-50(55)43-40-37-34-31-28-26-24-22-20-17-14-11-8-5-2)44-49(54)51-47(45-52)48(53)42-39-36-33-29-18-15-12-9-6-3/h7-8,10-11,16-17,19-20,23-26,46-48,52-53H,4-6,9,12-15,18,21-22,27-45H2,1-3H3,(H,51,54)/b10-7+,11-8+,19-16+,20-17+,25-23+,26-24+. The summed E-state index contributed by atoms with van der Waals surface area (Å²) in [5.74, 6) is -0.529. The molecule has 1 amide bonds. The minimum atomic E-state index is -0.798. The number of carbonyl (C=O) groups is 2. The van der Waals surface area contributed by atoms with Crippen molar-refractivity contribution in [1.29, 1.82) is 0 Å². The van der Waals surface area contributed by atoms with Crippen LogP contribution in [0.5, 0.6) is 0 Å². The predicted octanol–water partition coefficient (Wildman–Crippen LogP) is 13.4. The van der Waals surface area contributed by atoms with Crippen molar-refractivity contribution >= 4 is 11.9 Å². The number of hydrogen-bond donors (Lipinski definition) is 3. The quantitative estimate of drug-likeness (QED) is 0.0327. The fourth-order valence-electron chi connectivity index (χ4n) is 6.57. The summed E-state index contributed by atoms with van der Waals surface area (Å²) in [4.78, 5) is 26.0. The summed E-state index contributed by atoms with van der Waals surface area (Å²) in [6.45, 7) is 6.21. The van der Waals surface area contributed by atoms with Gasteiger partial charge in [0.1, 0.15) is 6.10 Å². The first kappa shape index (κ1) is 53.3. The van der Waals surface area contributed by atoms with Gasteiger partial charge in [0, 0.05) is 6.42 Å². The number of aliphatic hydroxyl groups excluding tert-OH is 2. The van der Waals surface area contributed by atoms with Gasteiger partial charge < -0.3 is 20.3 Å². The second-order valence-corrected chi connectivity index (χ2v) is 15.4. The van der Waals surface area contributed by atoms with E-state index in [1.165, 1.54) is 38.5 Å². The van der Waals surface area contributed by atoms with Crippen LogP contribution < -0.4 is 5.32 Å². The summed E-state index contributed by atoms with van der Waals surface area (Å²) in [5.41, 5.74) is 0. The van der Waals surface area contributed by atoms with Crippen LogP contribution in [0.4, 0.5) is 0 Å². The Hall–Kier alpha value is -2.70. The van der Waals surface area contributed by atoms with Crippen molar-refractivity contribution in [3.63, 3.8) is 0 Å². The van der Waals surface area contributed by atoms with Crippen molar-refractivity contribution in [2.24, 2.45) is 0 Å². The van der Waals surface area contributed by atoms with Crippen molar-refractivity contribution in [1.82, 2.24) is 5.32 Å². The van der Waals surface area contributed by atoms with Gasteiger partial charge in [0.15, 0.2) is 0 Å². The highest BCUT2D eigenvalue weighted by atomic mass is 16.5. The minimum Gasteiger partial charge on any atom is -0.462 e. The average molecular weight is 782 g/mol. The molecule has 6 heteroatoms. The van der Waals surface area contributed by atoms with Gasteiger partial charge in [0.25, 0.3) is 0 Å². The number of ether oxygens (including phenoxy) is 1. The Morgan fingerprint density at radius 1 is 0.536 bits per heavy atom. The van der Waals surface area contributed by atoms with Crippen LogP contribution in [0, 0.1) is 0 Å². The molecule has 3 atom stereocenters. The summed E-state index contributed by atoms with van der Waals surface area (Å²) in [6.07, 6.45) is 53.9. The fraction of sp³-hybridized carbons (Fsp3) is 0.720. The minimum absolute atomic E-state index is 0.0500. The van der Waals surface area contributed by atoms with Crippen molar-refractivity contribution in [3.8, 4) is 0 Å². The van der Waals surface area contributed by atoms with Crippen molar-refractivity contribution in [3.05, 3.63) is 72.9 Å². The van der Waals surface area contributed by atoms with E-state index in [0.29, 0.717) is 19.3 Å². The summed E-state index contributed by atoms with van der Waals surface area (Å²) < 4.78 is 5.89. The molecule has 322 valence electrons. The zero-order valence-corrected chi connectivity index (χ0v) is 36.5. The van der Waals surface area contributed by atoms with E-state index in [-0.39, 0.29) is 24.9 Å². The van der Waals surface area contributed by atoms with Gasteiger partial charge in [0.05, 0.1) is 25.2 Å². The third-order valence-electron chi connectivity index (χ3n) is 10.0. The van der Waals surface area contributed by atoms with E-state index in [4.69, 9.17) is 4.74 Å². The number of esters is 1. The monoisotopic (exact) mass is 782 g/mol. The third-order valence-corrected chi connectivity index (χ3v) is 10.0. The van der Waals surface area contributed by atoms with E-state index in [1.54, 1.807) is 0 Å². The second kappa shape index (κ2) is 43.4. The molecule has 0 aliphatic rings. The fourth-order valence-corrected chi connectivity index (χ4v) is 6.57. The molecule has 0 radical (unpaired) electrons. The average Bonchev–Trinajstić information content (AvgIpc) is 3.19. The van der Waals surface area contributed by atoms with E-state index >= 15 is 0 Å². The van der Waals surface area contributed by atoms with Gasteiger partial charge >= 0.3 is 5.97 Å². The molecule has 0 aliphatic carbocycles. The maximum atomic E-state index is 13.1. The molecule has 3 unspecified atom stereocenters. The van der Waals surface area contributed by atoms with Crippen LogP contribution in [-0.4, -0.2) is 46.9 Å². The first-order chi connectivity index (χ1) is 27.5. The smallest absolute Gasteiger partial charge is 0.306 e.